The van der Waals surface area contributed by atoms with Crippen LogP contribution in [0, 0.1) is 5.92 Å². The first-order chi connectivity index (χ1) is 7.06. The van der Waals surface area contributed by atoms with E-state index < -0.39 is 0 Å². The van der Waals surface area contributed by atoms with E-state index in [9.17, 15) is 0 Å². The molecule has 1 aliphatic carbocycles. The summed E-state index contributed by atoms with van der Waals surface area (Å²) in [5.74, 6) is 1.70. The van der Waals surface area contributed by atoms with Crippen LogP contribution in [0.25, 0.3) is 0 Å². The van der Waals surface area contributed by atoms with Crippen molar-refractivity contribution in [3.05, 3.63) is 22.4 Å². The average Bonchev–Trinajstić information content (AvgIpc) is 2.53. The minimum absolute atomic E-state index is 0.260. The van der Waals surface area contributed by atoms with Gasteiger partial charge in [0.1, 0.15) is 0 Å². The first kappa shape index (κ1) is 11.2. The Hall–Kier alpha value is -0.340. The molecule has 0 bridgehead atoms. The number of nitrogens with one attached hydrogen (secondary N) is 1. The summed E-state index contributed by atoms with van der Waals surface area (Å²) in [6, 6.07) is 4.46. The van der Waals surface area contributed by atoms with Crippen LogP contribution in [0.3, 0.4) is 0 Å². The van der Waals surface area contributed by atoms with Crippen LogP contribution in [0.1, 0.15) is 44.4 Å². The molecule has 1 aliphatic rings. The van der Waals surface area contributed by atoms with Gasteiger partial charge >= 0.3 is 0 Å². The van der Waals surface area contributed by atoms with Crippen LogP contribution in [0.5, 0.6) is 0 Å². The number of hydrogen-bond donors (Lipinski definition) is 1. The second-order valence-electron chi connectivity index (χ2n) is 5.59. The minimum atomic E-state index is 0.260. The molecule has 15 heavy (non-hydrogen) atoms. The van der Waals surface area contributed by atoms with Gasteiger partial charge in [0.25, 0.3) is 0 Å². The zero-order chi connectivity index (χ0) is 10.9. The fraction of sp³-hybridized carbons (Fsp3) is 0.692. The summed E-state index contributed by atoms with van der Waals surface area (Å²) in [5.41, 5.74) is 0.260. The highest BCUT2D eigenvalue weighted by Gasteiger charge is 2.32. The molecule has 1 fully saturated rings. The maximum atomic E-state index is 3.62. The van der Waals surface area contributed by atoms with Crippen molar-refractivity contribution in [2.45, 2.75) is 45.1 Å². The van der Waals surface area contributed by atoms with E-state index in [4.69, 9.17) is 0 Å². The van der Waals surface area contributed by atoms with Crippen LogP contribution >= 0.6 is 11.3 Å². The molecular weight excluding hydrogens is 202 g/mol. The SMILES string of the molecule is CC(C)(C)NCC1CCC1c1cccs1. The molecule has 84 valence electrons. The van der Waals surface area contributed by atoms with Gasteiger partial charge in [0.15, 0.2) is 0 Å². The Morgan fingerprint density at radius 3 is 2.67 bits per heavy atom. The molecule has 1 aromatic heterocycles. The van der Waals surface area contributed by atoms with E-state index in [0.29, 0.717) is 0 Å². The molecule has 0 amide bonds. The zero-order valence-corrected chi connectivity index (χ0v) is 10.7. The van der Waals surface area contributed by atoms with E-state index in [1.165, 1.54) is 19.4 Å². The quantitative estimate of drug-likeness (QED) is 0.825. The Kier molecular flexibility index (Phi) is 3.17. The van der Waals surface area contributed by atoms with E-state index >= 15 is 0 Å². The van der Waals surface area contributed by atoms with Gasteiger partial charge in [-0.1, -0.05) is 6.07 Å². The lowest BCUT2D eigenvalue weighted by Gasteiger charge is -2.38. The molecule has 0 radical (unpaired) electrons. The van der Waals surface area contributed by atoms with Gasteiger partial charge in [-0.15, -0.1) is 11.3 Å². The predicted octanol–water partition coefficient (Wildman–Crippen LogP) is 3.63. The summed E-state index contributed by atoms with van der Waals surface area (Å²) < 4.78 is 0. The Bertz CT molecular complexity index is 297. The van der Waals surface area contributed by atoms with Crippen LogP contribution in [0.2, 0.25) is 0 Å². The van der Waals surface area contributed by atoms with Crippen LogP contribution in [0.4, 0.5) is 0 Å². The van der Waals surface area contributed by atoms with E-state index in [1.807, 2.05) is 11.3 Å². The fourth-order valence-corrected chi connectivity index (χ4v) is 3.08. The van der Waals surface area contributed by atoms with Crippen LogP contribution in [-0.2, 0) is 0 Å². The molecule has 0 aromatic carbocycles. The van der Waals surface area contributed by atoms with E-state index in [1.54, 1.807) is 4.88 Å². The largest absolute Gasteiger partial charge is 0.312 e. The van der Waals surface area contributed by atoms with Crippen molar-refractivity contribution >= 4 is 11.3 Å². The summed E-state index contributed by atoms with van der Waals surface area (Å²) in [7, 11) is 0. The Labute approximate surface area is 96.9 Å². The lowest BCUT2D eigenvalue weighted by atomic mass is 9.72. The lowest BCUT2D eigenvalue weighted by molar-refractivity contribution is 0.228. The Balaban J connectivity index is 1.85. The summed E-state index contributed by atoms with van der Waals surface area (Å²) in [4.78, 5) is 1.59. The monoisotopic (exact) mass is 223 g/mol. The van der Waals surface area contributed by atoms with Gasteiger partial charge in [0, 0.05) is 10.4 Å². The first-order valence-electron chi connectivity index (χ1n) is 5.85. The van der Waals surface area contributed by atoms with Crippen molar-refractivity contribution in [2.24, 2.45) is 5.92 Å². The summed E-state index contributed by atoms with van der Waals surface area (Å²) in [6.07, 6.45) is 2.78. The maximum absolute atomic E-state index is 3.62. The van der Waals surface area contributed by atoms with Gasteiger partial charge < -0.3 is 5.32 Å². The van der Waals surface area contributed by atoms with Gasteiger partial charge in [-0.3, -0.25) is 0 Å². The Morgan fingerprint density at radius 2 is 2.20 bits per heavy atom. The van der Waals surface area contributed by atoms with Crippen molar-refractivity contribution in [3.63, 3.8) is 0 Å². The van der Waals surface area contributed by atoms with Gasteiger partial charge in [-0.2, -0.15) is 0 Å². The molecule has 0 saturated heterocycles. The van der Waals surface area contributed by atoms with Crippen LogP contribution in [-0.4, -0.2) is 12.1 Å². The average molecular weight is 223 g/mol. The van der Waals surface area contributed by atoms with Crippen molar-refractivity contribution in [2.75, 3.05) is 6.54 Å². The molecule has 2 unspecified atom stereocenters. The minimum Gasteiger partial charge on any atom is -0.312 e. The van der Waals surface area contributed by atoms with Crippen LogP contribution in [0.15, 0.2) is 17.5 Å². The first-order valence-corrected chi connectivity index (χ1v) is 6.73. The fourth-order valence-electron chi connectivity index (χ4n) is 2.13. The molecule has 0 aliphatic heterocycles. The van der Waals surface area contributed by atoms with Gasteiger partial charge in [-0.05, 0) is 63.4 Å². The third-order valence-corrected chi connectivity index (χ3v) is 4.22. The molecule has 1 nitrogen and oxygen atoms in total. The maximum Gasteiger partial charge on any atom is 0.00966 e. The molecule has 1 aromatic rings. The summed E-state index contributed by atoms with van der Waals surface area (Å²) in [5, 5.41) is 5.82. The second kappa shape index (κ2) is 4.26. The van der Waals surface area contributed by atoms with Crippen molar-refractivity contribution < 1.29 is 0 Å². The van der Waals surface area contributed by atoms with E-state index in [2.05, 4.69) is 43.6 Å². The molecule has 0 spiro atoms. The van der Waals surface area contributed by atoms with E-state index in [-0.39, 0.29) is 5.54 Å². The predicted molar refractivity (Wildman–Crippen MR) is 67.5 cm³/mol. The Morgan fingerprint density at radius 1 is 1.40 bits per heavy atom. The molecule has 2 atom stereocenters. The zero-order valence-electron chi connectivity index (χ0n) is 9.92. The standard InChI is InChI=1S/C13H21NS/c1-13(2,3)14-9-10-6-7-11(10)12-5-4-8-15-12/h4-5,8,10-11,14H,6-7,9H2,1-3H3. The van der Waals surface area contributed by atoms with Gasteiger partial charge in [0.05, 0.1) is 0 Å². The lowest BCUT2D eigenvalue weighted by Crippen LogP contribution is -2.42. The van der Waals surface area contributed by atoms with Crippen molar-refractivity contribution in [1.29, 1.82) is 0 Å². The second-order valence-corrected chi connectivity index (χ2v) is 6.57. The van der Waals surface area contributed by atoms with Gasteiger partial charge in [-0.25, -0.2) is 0 Å². The van der Waals surface area contributed by atoms with Crippen molar-refractivity contribution in [1.82, 2.24) is 5.32 Å². The molecule has 2 heteroatoms. The molecule has 1 heterocycles. The summed E-state index contributed by atoms with van der Waals surface area (Å²) in [6.45, 7) is 7.90. The highest BCUT2D eigenvalue weighted by Crippen LogP contribution is 2.43. The smallest absolute Gasteiger partial charge is 0.00966 e. The summed E-state index contributed by atoms with van der Waals surface area (Å²) >= 11 is 1.92. The topological polar surface area (TPSA) is 12.0 Å². The molecular formula is C13H21NS. The molecule has 1 saturated carbocycles. The van der Waals surface area contributed by atoms with Gasteiger partial charge in [0.2, 0.25) is 0 Å². The molecule has 2 rings (SSSR count). The van der Waals surface area contributed by atoms with E-state index in [0.717, 1.165) is 11.8 Å². The highest BCUT2D eigenvalue weighted by atomic mass is 32.1. The third kappa shape index (κ3) is 2.82. The van der Waals surface area contributed by atoms with Crippen molar-refractivity contribution in [3.8, 4) is 0 Å². The normalized spacial score (nSPS) is 26.3. The van der Waals surface area contributed by atoms with Crippen LogP contribution < -0.4 is 5.32 Å². The number of thiophene rings is 1. The number of hydrogen-bond acceptors (Lipinski definition) is 2. The third-order valence-electron chi connectivity index (χ3n) is 3.22. The highest BCUT2D eigenvalue weighted by molar-refractivity contribution is 7.10. The number of rotatable bonds is 3. The molecule has 1 N–H and O–H groups in total.